The molecule has 4 rings (SSSR count). The quantitative estimate of drug-likeness (QED) is 0.265. The lowest BCUT2D eigenvalue weighted by atomic mass is 10.0. The minimum atomic E-state index is -0.344. The van der Waals surface area contributed by atoms with Crippen LogP contribution in [0, 0.1) is 0 Å². The van der Waals surface area contributed by atoms with E-state index in [9.17, 15) is 4.79 Å². The summed E-state index contributed by atoms with van der Waals surface area (Å²) in [5, 5.41) is 5.50. The molecule has 0 saturated carbocycles. The molecule has 5 nitrogen and oxygen atoms in total. The third-order valence-electron chi connectivity index (χ3n) is 5.07. The van der Waals surface area contributed by atoms with E-state index in [0.29, 0.717) is 32.9 Å². The summed E-state index contributed by atoms with van der Waals surface area (Å²) in [5.74, 6) is 0.374. The first-order valence-corrected chi connectivity index (χ1v) is 11.1. The zero-order valence-electron chi connectivity index (χ0n) is 18.7. The summed E-state index contributed by atoms with van der Waals surface area (Å²) in [6.07, 6.45) is 0.0258. The largest absolute Gasteiger partial charge is 0.490 e. The number of benzene rings is 3. The Balaban J connectivity index is 1.71. The van der Waals surface area contributed by atoms with Crippen LogP contribution >= 0.6 is 11.6 Å². The van der Waals surface area contributed by atoms with Gasteiger partial charge in [-0.05, 0) is 45.0 Å². The number of hydrogen-bond acceptors (Lipinski definition) is 4. The molecule has 0 aliphatic carbocycles. The number of pyridine rings is 1. The molecule has 6 heteroatoms. The Labute approximate surface area is 198 Å². The highest BCUT2D eigenvalue weighted by atomic mass is 35.5. The lowest BCUT2D eigenvalue weighted by molar-refractivity contribution is 0.0956. The molecular weight excluding hydrogens is 434 g/mol. The van der Waals surface area contributed by atoms with E-state index in [4.69, 9.17) is 21.3 Å². The summed E-state index contributed by atoms with van der Waals surface area (Å²) in [5.41, 5.74) is 6.73. The molecule has 33 heavy (non-hydrogen) atoms. The Bertz CT molecular complexity index is 1330. The van der Waals surface area contributed by atoms with Gasteiger partial charge in [0.05, 0.1) is 33.6 Å². The first-order chi connectivity index (χ1) is 15.9. The van der Waals surface area contributed by atoms with Crippen molar-refractivity contribution in [2.45, 2.75) is 26.9 Å². The van der Waals surface area contributed by atoms with Crippen molar-refractivity contribution in [1.82, 2.24) is 10.4 Å². The van der Waals surface area contributed by atoms with Gasteiger partial charge in [-0.2, -0.15) is 5.10 Å². The van der Waals surface area contributed by atoms with Gasteiger partial charge in [-0.15, -0.1) is 0 Å². The van der Waals surface area contributed by atoms with Gasteiger partial charge in [0, 0.05) is 16.5 Å². The normalized spacial score (nSPS) is 11.6. The van der Waals surface area contributed by atoms with E-state index < -0.39 is 0 Å². The predicted molar refractivity (Wildman–Crippen MR) is 134 cm³/mol. The summed E-state index contributed by atoms with van der Waals surface area (Å²) < 4.78 is 5.88. The number of nitrogens with zero attached hydrogens (tertiary/aromatic N) is 2. The SMILES string of the molecule is CC(=NNC(=O)c1cc(-c2ccccc2)nc2c(Cl)cccc12)c1ccccc1OC(C)C. The van der Waals surface area contributed by atoms with Crippen molar-refractivity contribution in [3.05, 3.63) is 95.0 Å². The molecule has 0 aliphatic rings. The summed E-state index contributed by atoms with van der Waals surface area (Å²) in [6.45, 7) is 5.77. The summed E-state index contributed by atoms with van der Waals surface area (Å²) >= 11 is 6.42. The van der Waals surface area contributed by atoms with Gasteiger partial charge in [0.25, 0.3) is 5.91 Å². The second kappa shape index (κ2) is 9.84. The van der Waals surface area contributed by atoms with Gasteiger partial charge in [0.2, 0.25) is 0 Å². The molecule has 1 heterocycles. The molecular formula is C27H24ClN3O2. The number of hydrogen-bond donors (Lipinski definition) is 1. The molecule has 3 aromatic carbocycles. The van der Waals surface area contributed by atoms with Gasteiger partial charge >= 0.3 is 0 Å². The van der Waals surface area contributed by atoms with Crippen LogP contribution in [0.3, 0.4) is 0 Å². The van der Waals surface area contributed by atoms with Gasteiger partial charge in [-0.3, -0.25) is 4.79 Å². The van der Waals surface area contributed by atoms with Crippen molar-refractivity contribution in [3.63, 3.8) is 0 Å². The smallest absolute Gasteiger partial charge is 0.272 e. The van der Waals surface area contributed by atoms with Crippen LogP contribution in [0.25, 0.3) is 22.2 Å². The lowest BCUT2D eigenvalue weighted by Gasteiger charge is -2.14. The number of fused-ring (bicyclic) bond motifs is 1. The minimum Gasteiger partial charge on any atom is -0.490 e. The standard InChI is InChI=1S/C27H24ClN3O2/c1-17(2)33-25-15-8-7-12-20(25)18(3)30-31-27(32)22-16-24(19-10-5-4-6-11-19)29-26-21(22)13-9-14-23(26)28/h4-17H,1-3H3,(H,31,32). The third-order valence-corrected chi connectivity index (χ3v) is 5.37. The number of carbonyl (C=O) groups is 1. The number of para-hydroxylation sites is 2. The van der Waals surface area contributed by atoms with E-state index in [2.05, 4.69) is 10.5 Å². The highest BCUT2D eigenvalue weighted by Gasteiger charge is 2.16. The van der Waals surface area contributed by atoms with Crippen molar-refractivity contribution in [2.75, 3.05) is 0 Å². The van der Waals surface area contributed by atoms with Gasteiger partial charge in [0.15, 0.2) is 0 Å². The number of carbonyl (C=O) groups excluding carboxylic acids is 1. The van der Waals surface area contributed by atoms with Crippen LogP contribution in [0.15, 0.2) is 84.0 Å². The average molecular weight is 458 g/mol. The van der Waals surface area contributed by atoms with E-state index in [-0.39, 0.29) is 12.0 Å². The van der Waals surface area contributed by atoms with Crippen LogP contribution in [0.1, 0.15) is 36.7 Å². The summed E-state index contributed by atoms with van der Waals surface area (Å²) in [6, 6.07) is 24.5. The zero-order valence-corrected chi connectivity index (χ0v) is 19.4. The van der Waals surface area contributed by atoms with Crippen LogP contribution < -0.4 is 10.2 Å². The van der Waals surface area contributed by atoms with Gasteiger partial charge in [-0.1, -0.05) is 66.2 Å². The molecule has 0 aliphatic heterocycles. The molecule has 0 bridgehead atoms. The van der Waals surface area contributed by atoms with Crippen LogP contribution in [-0.4, -0.2) is 22.7 Å². The first-order valence-electron chi connectivity index (χ1n) is 10.7. The number of hydrazone groups is 1. The van der Waals surface area contributed by atoms with E-state index in [1.54, 1.807) is 18.2 Å². The Morgan fingerprint density at radius 2 is 1.70 bits per heavy atom. The molecule has 0 radical (unpaired) electrons. The molecule has 4 aromatic rings. The average Bonchev–Trinajstić information content (AvgIpc) is 2.82. The summed E-state index contributed by atoms with van der Waals surface area (Å²) in [7, 11) is 0. The number of halogens is 1. The van der Waals surface area contributed by atoms with Crippen molar-refractivity contribution in [3.8, 4) is 17.0 Å². The molecule has 0 spiro atoms. The second-order valence-corrected chi connectivity index (χ2v) is 8.27. The fraction of sp³-hybridized carbons (Fsp3) is 0.148. The Hall–Kier alpha value is -3.70. The Morgan fingerprint density at radius 3 is 2.45 bits per heavy atom. The third kappa shape index (κ3) is 5.04. The predicted octanol–water partition coefficient (Wildman–Crippen LogP) is 6.50. The first kappa shape index (κ1) is 22.5. The second-order valence-electron chi connectivity index (χ2n) is 7.86. The van der Waals surface area contributed by atoms with Crippen LogP contribution in [0.4, 0.5) is 0 Å². The molecule has 0 atom stereocenters. The summed E-state index contributed by atoms with van der Waals surface area (Å²) in [4.78, 5) is 17.9. The molecule has 166 valence electrons. The fourth-order valence-electron chi connectivity index (χ4n) is 3.54. The number of rotatable bonds is 6. The highest BCUT2D eigenvalue weighted by molar-refractivity contribution is 6.35. The maximum atomic E-state index is 13.2. The van der Waals surface area contributed by atoms with Gasteiger partial charge in [-0.25, -0.2) is 10.4 Å². The van der Waals surface area contributed by atoms with Crippen LogP contribution in [-0.2, 0) is 0 Å². The molecule has 0 unspecified atom stereocenters. The zero-order chi connectivity index (χ0) is 23.4. The number of aromatic nitrogens is 1. The lowest BCUT2D eigenvalue weighted by Crippen LogP contribution is -2.20. The highest BCUT2D eigenvalue weighted by Crippen LogP contribution is 2.29. The van der Waals surface area contributed by atoms with E-state index in [1.807, 2.05) is 81.4 Å². The number of amides is 1. The topological polar surface area (TPSA) is 63.6 Å². The van der Waals surface area contributed by atoms with Crippen molar-refractivity contribution in [1.29, 1.82) is 0 Å². The fourth-order valence-corrected chi connectivity index (χ4v) is 3.75. The van der Waals surface area contributed by atoms with Crippen LogP contribution in [0.5, 0.6) is 5.75 Å². The van der Waals surface area contributed by atoms with Gasteiger partial charge < -0.3 is 4.74 Å². The Kier molecular flexibility index (Phi) is 6.71. The molecule has 1 aromatic heterocycles. The number of nitrogens with one attached hydrogen (secondary N) is 1. The van der Waals surface area contributed by atoms with E-state index >= 15 is 0 Å². The van der Waals surface area contributed by atoms with Crippen molar-refractivity contribution < 1.29 is 9.53 Å². The van der Waals surface area contributed by atoms with Crippen molar-refractivity contribution >= 4 is 34.1 Å². The molecule has 1 N–H and O–H groups in total. The van der Waals surface area contributed by atoms with Crippen LogP contribution in [0.2, 0.25) is 5.02 Å². The maximum absolute atomic E-state index is 13.2. The molecule has 0 fully saturated rings. The molecule has 1 amide bonds. The van der Waals surface area contributed by atoms with E-state index in [0.717, 1.165) is 16.9 Å². The molecule has 0 saturated heterocycles. The number of ether oxygens (including phenoxy) is 1. The van der Waals surface area contributed by atoms with Crippen molar-refractivity contribution in [2.24, 2.45) is 5.10 Å². The minimum absolute atomic E-state index is 0.0258. The van der Waals surface area contributed by atoms with Gasteiger partial charge in [0.1, 0.15) is 5.75 Å². The maximum Gasteiger partial charge on any atom is 0.272 e. The Morgan fingerprint density at radius 1 is 0.970 bits per heavy atom. The monoisotopic (exact) mass is 457 g/mol. The van der Waals surface area contributed by atoms with E-state index in [1.165, 1.54) is 0 Å².